The zero-order valence-corrected chi connectivity index (χ0v) is 14.2. The number of hydrogen-bond donors (Lipinski definition) is 2. The fourth-order valence-corrected chi connectivity index (χ4v) is 2.55. The molecule has 0 saturated carbocycles. The zero-order chi connectivity index (χ0) is 17.6. The first-order valence-electron chi connectivity index (χ1n) is 8.15. The summed E-state index contributed by atoms with van der Waals surface area (Å²) in [7, 11) is 0. The SMILES string of the molecule is CCc1cccc(C)c1NC(=O)c1cc(NCc2ccco2)ncn1. The number of nitrogens with one attached hydrogen (secondary N) is 2. The molecule has 0 fully saturated rings. The molecule has 2 heterocycles. The Bertz CT molecular complexity index is 860. The van der Waals surface area contributed by atoms with Gasteiger partial charge in [0, 0.05) is 11.8 Å². The number of anilines is 2. The van der Waals surface area contributed by atoms with Gasteiger partial charge in [0.25, 0.3) is 5.91 Å². The summed E-state index contributed by atoms with van der Waals surface area (Å²) in [6, 6.07) is 11.3. The van der Waals surface area contributed by atoms with Crippen molar-refractivity contribution in [2.75, 3.05) is 10.6 Å². The molecule has 25 heavy (non-hydrogen) atoms. The predicted molar refractivity (Wildman–Crippen MR) is 96.6 cm³/mol. The van der Waals surface area contributed by atoms with Crippen molar-refractivity contribution in [2.24, 2.45) is 0 Å². The van der Waals surface area contributed by atoms with E-state index in [1.165, 1.54) is 6.33 Å². The van der Waals surface area contributed by atoms with Gasteiger partial charge >= 0.3 is 0 Å². The maximum Gasteiger partial charge on any atom is 0.274 e. The van der Waals surface area contributed by atoms with Crippen molar-refractivity contribution in [1.29, 1.82) is 0 Å². The summed E-state index contributed by atoms with van der Waals surface area (Å²) >= 11 is 0. The summed E-state index contributed by atoms with van der Waals surface area (Å²) in [6.07, 6.45) is 3.83. The number of rotatable bonds is 6. The maximum absolute atomic E-state index is 12.6. The lowest BCUT2D eigenvalue weighted by molar-refractivity contribution is 0.102. The van der Waals surface area contributed by atoms with Gasteiger partial charge in [0.15, 0.2) is 0 Å². The molecule has 0 aliphatic rings. The van der Waals surface area contributed by atoms with E-state index in [0.29, 0.717) is 18.1 Å². The van der Waals surface area contributed by atoms with E-state index in [4.69, 9.17) is 4.42 Å². The van der Waals surface area contributed by atoms with Crippen molar-refractivity contribution in [2.45, 2.75) is 26.8 Å². The van der Waals surface area contributed by atoms with Crippen LogP contribution in [-0.2, 0) is 13.0 Å². The highest BCUT2D eigenvalue weighted by molar-refractivity contribution is 6.04. The second-order valence-electron chi connectivity index (χ2n) is 5.64. The highest BCUT2D eigenvalue weighted by Crippen LogP contribution is 2.21. The standard InChI is InChI=1S/C19H20N4O2/c1-3-14-7-4-6-13(2)18(14)23-19(24)16-10-17(22-12-21-16)20-11-15-8-5-9-25-15/h4-10,12H,3,11H2,1-2H3,(H,23,24)(H,20,21,22). The number of aryl methyl sites for hydroxylation is 2. The first-order chi connectivity index (χ1) is 12.2. The average molecular weight is 336 g/mol. The first kappa shape index (κ1) is 16.7. The number of carbonyl (C=O) groups is 1. The van der Waals surface area contributed by atoms with Gasteiger partial charge in [0.2, 0.25) is 0 Å². The van der Waals surface area contributed by atoms with E-state index in [9.17, 15) is 4.79 Å². The van der Waals surface area contributed by atoms with E-state index in [0.717, 1.165) is 29.0 Å². The van der Waals surface area contributed by atoms with Gasteiger partial charge in [-0.25, -0.2) is 9.97 Å². The van der Waals surface area contributed by atoms with E-state index in [1.54, 1.807) is 12.3 Å². The van der Waals surface area contributed by atoms with Crippen molar-refractivity contribution in [3.05, 3.63) is 71.6 Å². The van der Waals surface area contributed by atoms with E-state index < -0.39 is 0 Å². The number of hydrogen-bond acceptors (Lipinski definition) is 5. The average Bonchev–Trinajstić information content (AvgIpc) is 3.15. The molecule has 1 aromatic carbocycles. The van der Waals surface area contributed by atoms with Gasteiger partial charge in [-0.05, 0) is 36.6 Å². The molecule has 0 aliphatic heterocycles. The van der Waals surface area contributed by atoms with Crippen molar-refractivity contribution in [3.8, 4) is 0 Å². The molecule has 2 N–H and O–H groups in total. The summed E-state index contributed by atoms with van der Waals surface area (Å²) in [5.41, 5.74) is 3.28. The molecule has 0 bridgehead atoms. The van der Waals surface area contributed by atoms with Crippen LogP contribution in [0.2, 0.25) is 0 Å². The third-order valence-electron chi connectivity index (χ3n) is 3.90. The van der Waals surface area contributed by atoms with E-state index >= 15 is 0 Å². The molecule has 0 aliphatic carbocycles. The minimum Gasteiger partial charge on any atom is -0.467 e. The molecule has 0 unspecified atom stereocenters. The summed E-state index contributed by atoms with van der Waals surface area (Å²) in [4.78, 5) is 20.8. The van der Waals surface area contributed by atoms with Crippen LogP contribution in [0.25, 0.3) is 0 Å². The van der Waals surface area contributed by atoms with Crippen molar-refractivity contribution < 1.29 is 9.21 Å². The molecule has 1 amide bonds. The lowest BCUT2D eigenvalue weighted by atomic mass is 10.1. The second-order valence-corrected chi connectivity index (χ2v) is 5.64. The van der Waals surface area contributed by atoms with Crippen LogP contribution in [0.3, 0.4) is 0 Å². The second kappa shape index (κ2) is 7.61. The smallest absolute Gasteiger partial charge is 0.274 e. The molecule has 6 nitrogen and oxygen atoms in total. The molecular formula is C19H20N4O2. The fraction of sp³-hybridized carbons (Fsp3) is 0.211. The topological polar surface area (TPSA) is 80.0 Å². The van der Waals surface area contributed by atoms with Gasteiger partial charge in [-0.15, -0.1) is 0 Å². The number of para-hydroxylation sites is 1. The largest absolute Gasteiger partial charge is 0.467 e. The molecule has 0 atom stereocenters. The highest BCUT2D eigenvalue weighted by atomic mass is 16.3. The maximum atomic E-state index is 12.6. The van der Waals surface area contributed by atoms with Crippen molar-refractivity contribution in [3.63, 3.8) is 0 Å². The monoisotopic (exact) mass is 336 g/mol. The van der Waals surface area contributed by atoms with Crippen LogP contribution in [0.4, 0.5) is 11.5 Å². The number of nitrogens with zero attached hydrogens (tertiary/aromatic N) is 2. The third-order valence-corrected chi connectivity index (χ3v) is 3.90. The zero-order valence-electron chi connectivity index (χ0n) is 14.2. The van der Waals surface area contributed by atoms with Crippen LogP contribution >= 0.6 is 0 Å². The Morgan fingerprint density at radius 2 is 2.08 bits per heavy atom. The molecule has 3 aromatic rings. The Morgan fingerprint density at radius 1 is 1.20 bits per heavy atom. The number of benzene rings is 1. The van der Waals surface area contributed by atoms with Crippen LogP contribution in [0.1, 0.15) is 34.3 Å². The molecule has 0 spiro atoms. The molecule has 0 saturated heterocycles. The van der Waals surface area contributed by atoms with Crippen molar-refractivity contribution in [1.82, 2.24) is 9.97 Å². The van der Waals surface area contributed by atoms with Gasteiger partial charge < -0.3 is 15.1 Å². The highest BCUT2D eigenvalue weighted by Gasteiger charge is 2.13. The Morgan fingerprint density at radius 3 is 2.84 bits per heavy atom. The lowest BCUT2D eigenvalue weighted by Gasteiger charge is -2.13. The van der Waals surface area contributed by atoms with E-state index in [1.807, 2.05) is 37.3 Å². The molecule has 128 valence electrons. The fourth-order valence-electron chi connectivity index (χ4n) is 2.55. The number of furan rings is 1. The van der Waals surface area contributed by atoms with Gasteiger partial charge in [-0.2, -0.15) is 0 Å². The van der Waals surface area contributed by atoms with Crippen molar-refractivity contribution >= 4 is 17.4 Å². The summed E-state index contributed by atoms with van der Waals surface area (Å²) in [5, 5.41) is 6.08. The minimum absolute atomic E-state index is 0.257. The normalized spacial score (nSPS) is 10.5. The van der Waals surface area contributed by atoms with Gasteiger partial charge in [0.05, 0.1) is 12.8 Å². The number of aromatic nitrogens is 2. The van der Waals surface area contributed by atoms with Crippen LogP contribution in [0, 0.1) is 6.92 Å². The molecule has 2 aromatic heterocycles. The summed E-state index contributed by atoms with van der Waals surface area (Å²) in [6.45, 7) is 4.53. The van der Waals surface area contributed by atoms with Crippen LogP contribution in [0.15, 0.2) is 53.4 Å². The van der Waals surface area contributed by atoms with E-state index in [-0.39, 0.29) is 5.91 Å². The Hall–Kier alpha value is -3.15. The quantitative estimate of drug-likeness (QED) is 0.715. The molecule has 6 heteroatoms. The van der Waals surface area contributed by atoms with Crippen LogP contribution in [0.5, 0.6) is 0 Å². The minimum atomic E-state index is -0.257. The Labute approximate surface area is 146 Å². The molecular weight excluding hydrogens is 316 g/mol. The van der Waals surface area contributed by atoms with Crippen LogP contribution in [-0.4, -0.2) is 15.9 Å². The van der Waals surface area contributed by atoms with E-state index in [2.05, 4.69) is 27.5 Å². The molecule has 0 radical (unpaired) electrons. The molecule has 3 rings (SSSR count). The van der Waals surface area contributed by atoms with Gasteiger partial charge in [-0.1, -0.05) is 25.1 Å². The third kappa shape index (κ3) is 4.03. The first-order valence-corrected chi connectivity index (χ1v) is 8.15. The summed E-state index contributed by atoms with van der Waals surface area (Å²) < 4.78 is 5.27. The van der Waals surface area contributed by atoms with Gasteiger partial charge in [-0.3, -0.25) is 4.79 Å². The number of carbonyl (C=O) groups excluding carboxylic acids is 1. The lowest BCUT2D eigenvalue weighted by Crippen LogP contribution is -2.16. The Balaban J connectivity index is 1.73. The predicted octanol–water partition coefficient (Wildman–Crippen LogP) is 3.80. The summed E-state index contributed by atoms with van der Waals surface area (Å²) in [5.74, 6) is 1.10. The van der Waals surface area contributed by atoms with Gasteiger partial charge in [0.1, 0.15) is 23.6 Å². The Kier molecular flexibility index (Phi) is 5.09. The van der Waals surface area contributed by atoms with Crippen LogP contribution < -0.4 is 10.6 Å². The number of amides is 1.